The summed E-state index contributed by atoms with van der Waals surface area (Å²) in [5, 5.41) is 4.92. The Labute approximate surface area is 118 Å². The molecular weight excluding hydrogens is 260 g/mol. The third-order valence-corrected chi connectivity index (χ3v) is 3.55. The molecule has 0 bridgehead atoms. The average Bonchev–Trinajstić information content (AvgIpc) is 2.82. The number of hydrazine groups is 1. The number of aromatic nitrogens is 2. The summed E-state index contributed by atoms with van der Waals surface area (Å²) in [6.07, 6.45) is 4.64. The predicted molar refractivity (Wildman–Crippen MR) is 77.8 cm³/mol. The molecule has 19 heavy (non-hydrogen) atoms. The van der Waals surface area contributed by atoms with E-state index in [2.05, 4.69) is 10.5 Å². The molecule has 1 heterocycles. The second-order valence-corrected chi connectivity index (χ2v) is 5.12. The summed E-state index contributed by atoms with van der Waals surface area (Å²) in [4.78, 5) is 0. The number of halogens is 1. The molecule has 0 amide bonds. The van der Waals surface area contributed by atoms with Gasteiger partial charge in [0, 0.05) is 30.0 Å². The zero-order valence-corrected chi connectivity index (χ0v) is 11.8. The summed E-state index contributed by atoms with van der Waals surface area (Å²) < 4.78 is 1.90. The van der Waals surface area contributed by atoms with E-state index in [9.17, 15) is 0 Å². The van der Waals surface area contributed by atoms with Gasteiger partial charge in [-0.2, -0.15) is 5.10 Å². The van der Waals surface area contributed by atoms with Crippen LogP contribution in [0.5, 0.6) is 0 Å². The van der Waals surface area contributed by atoms with Gasteiger partial charge in [-0.25, -0.2) is 0 Å². The average molecular weight is 279 g/mol. The molecule has 2 aromatic rings. The van der Waals surface area contributed by atoms with Gasteiger partial charge < -0.3 is 0 Å². The summed E-state index contributed by atoms with van der Waals surface area (Å²) >= 11 is 5.88. The Balaban J connectivity index is 1.90. The van der Waals surface area contributed by atoms with Gasteiger partial charge >= 0.3 is 0 Å². The summed E-state index contributed by atoms with van der Waals surface area (Å²) in [6.45, 7) is 0. The summed E-state index contributed by atoms with van der Waals surface area (Å²) in [5.41, 5.74) is 5.34. The maximum Gasteiger partial charge on any atom is 0.0492 e. The van der Waals surface area contributed by atoms with E-state index in [1.165, 1.54) is 11.3 Å². The first-order valence-corrected chi connectivity index (χ1v) is 6.74. The Hall–Kier alpha value is -1.36. The highest BCUT2D eigenvalue weighted by Crippen LogP contribution is 2.13. The fourth-order valence-corrected chi connectivity index (χ4v) is 2.24. The molecule has 0 radical (unpaired) electrons. The highest BCUT2D eigenvalue weighted by atomic mass is 35.5. The fourth-order valence-electron chi connectivity index (χ4n) is 2.12. The van der Waals surface area contributed by atoms with Crippen LogP contribution in [0, 0.1) is 0 Å². The second kappa shape index (κ2) is 6.70. The summed E-state index contributed by atoms with van der Waals surface area (Å²) in [7, 11) is 1.96. The molecule has 0 saturated heterocycles. The zero-order valence-electron chi connectivity index (χ0n) is 11.0. The monoisotopic (exact) mass is 278 g/mol. The van der Waals surface area contributed by atoms with Crippen LogP contribution >= 0.6 is 11.6 Å². The first-order chi connectivity index (χ1) is 9.19. The van der Waals surface area contributed by atoms with Crippen molar-refractivity contribution in [1.82, 2.24) is 15.2 Å². The maximum absolute atomic E-state index is 5.88. The number of hydrogen-bond donors (Lipinski definition) is 2. The van der Waals surface area contributed by atoms with Crippen molar-refractivity contribution in [3.05, 3.63) is 52.8 Å². The normalized spacial score (nSPS) is 12.6. The maximum atomic E-state index is 5.88. The molecule has 0 aliphatic rings. The summed E-state index contributed by atoms with van der Waals surface area (Å²) in [5.74, 6) is 5.63. The van der Waals surface area contributed by atoms with Crippen molar-refractivity contribution in [2.45, 2.75) is 25.3 Å². The number of hydrogen-bond acceptors (Lipinski definition) is 3. The Morgan fingerprint density at radius 1 is 1.32 bits per heavy atom. The van der Waals surface area contributed by atoms with Gasteiger partial charge in [0.05, 0.1) is 0 Å². The van der Waals surface area contributed by atoms with Crippen molar-refractivity contribution >= 4 is 11.6 Å². The SMILES string of the molecule is Cn1nccc1CCC(Cc1ccc(Cl)cc1)NN. The minimum Gasteiger partial charge on any atom is -0.273 e. The Kier molecular flexibility index (Phi) is 4.96. The van der Waals surface area contributed by atoms with Crippen LogP contribution in [-0.4, -0.2) is 15.8 Å². The Morgan fingerprint density at radius 2 is 2.05 bits per heavy atom. The molecular formula is C14H19ClN4. The van der Waals surface area contributed by atoms with Crippen molar-refractivity contribution in [2.75, 3.05) is 0 Å². The van der Waals surface area contributed by atoms with Gasteiger partial charge in [0.15, 0.2) is 0 Å². The van der Waals surface area contributed by atoms with E-state index in [0.717, 1.165) is 24.3 Å². The van der Waals surface area contributed by atoms with E-state index in [4.69, 9.17) is 17.4 Å². The first kappa shape index (κ1) is 14.1. The largest absolute Gasteiger partial charge is 0.273 e. The lowest BCUT2D eigenvalue weighted by Gasteiger charge is -2.16. The molecule has 4 nitrogen and oxygen atoms in total. The molecule has 1 unspecified atom stereocenters. The van der Waals surface area contributed by atoms with Crippen LogP contribution in [0.1, 0.15) is 17.7 Å². The molecule has 0 spiro atoms. The lowest BCUT2D eigenvalue weighted by atomic mass is 10.0. The molecule has 3 N–H and O–H groups in total. The third kappa shape index (κ3) is 4.06. The highest BCUT2D eigenvalue weighted by Gasteiger charge is 2.09. The van der Waals surface area contributed by atoms with Crippen molar-refractivity contribution < 1.29 is 0 Å². The molecule has 5 heteroatoms. The molecule has 2 rings (SSSR count). The number of nitrogens with two attached hydrogens (primary N) is 1. The lowest BCUT2D eigenvalue weighted by molar-refractivity contribution is 0.484. The van der Waals surface area contributed by atoms with Crippen LogP contribution in [0.15, 0.2) is 36.5 Å². The molecule has 1 aromatic carbocycles. The van der Waals surface area contributed by atoms with Crippen molar-refractivity contribution in [3.63, 3.8) is 0 Å². The van der Waals surface area contributed by atoms with E-state index in [0.29, 0.717) is 0 Å². The number of benzene rings is 1. The number of aryl methyl sites for hydroxylation is 2. The molecule has 102 valence electrons. The Bertz CT molecular complexity index is 506. The smallest absolute Gasteiger partial charge is 0.0492 e. The molecule has 0 aliphatic carbocycles. The van der Waals surface area contributed by atoms with Gasteiger partial charge in [-0.05, 0) is 43.0 Å². The lowest BCUT2D eigenvalue weighted by Crippen LogP contribution is -2.37. The second-order valence-electron chi connectivity index (χ2n) is 4.68. The molecule has 0 saturated carbocycles. The minimum atomic E-state index is 0.246. The van der Waals surface area contributed by atoms with Crippen LogP contribution < -0.4 is 11.3 Å². The standard InChI is InChI=1S/C14H19ClN4/c1-19-14(8-9-17-19)7-6-13(18-16)10-11-2-4-12(15)5-3-11/h2-5,8-9,13,18H,6-7,10,16H2,1H3. The molecule has 1 atom stereocenters. The number of nitrogens with zero attached hydrogens (tertiary/aromatic N) is 2. The van der Waals surface area contributed by atoms with Gasteiger partial charge in [0.25, 0.3) is 0 Å². The van der Waals surface area contributed by atoms with E-state index in [1.807, 2.05) is 48.3 Å². The van der Waals surface area contributed by atoms with Crippen molar-refractivity contribution in [1.29, 1.82) is 0 Å². The van der Waals surface area contributed by atoms with E-state index in [-0.39, 0.29) is 6.04 Å². The van der Waals surface area contributed by atoms with Gasteiger partial charge in [0.2, 0.25) is 0 Å². The van der Waals surface area contributed by atoms with E-state index >= 15 is 0 Å². The van der Waals surface area contributed by atoms with Gasteiger partial charge in [0.1, 0.15) is 0 Å². The van der Waals surface area contributed by atoms with Crippen LogP contribution in [0.2, 0.25) is 5.02 Å². The molecule has 0 fully saturated rings. The number of nitrogens with one attached hydrogen (secondary N) is 1. The zero-order chi connectivity index (χ0) is 13.7. The van der Waals surface area contributed by atoms with E-state index in [1.54, 1.807) is 0 Å². The summed E-state index contributed by atoms with van der Waals surface area (Å²) in [6, 6.07) is 10.2. The van der Waals surface area contributed by atoms with Crippen LogP contribution in [0.4, 0.5) is 0 Å². The van der Waals surface area contributed by atoms with Gasteiger partial charge in [-0.15, -0.1) is 0 Å². The third-order valence-electron chi connectivity index (χ3n) is 3.30. The fraction of sp³-hybridized carbons (Fsp3) is 0.357. The topological polar surface area (TPSA) is 55.9 Å². The van der Waals surface area contributed by atoms with Crippen LogP contribution in [0.25, 0.3) is 0 Å². The highest BCUT2D eigenvalue weighted by molar-refractivity contribution is 6.30. The molecule has 1 aromatic heterocycles. The van der Waals surface area contributed by atoms with Gasteiger partial charge in [-0.3, -0.25) is 16.0 Å². The molecule has 0 aliphatic heterocycles. The predicted octanol–water partition coefficient (Wildman–Crippen LogP) is 2.08. The minimum absolute atomic E-state index is 0.246. The first-order valence-electron chi connectivity index (χ1n) is 6.36. The van der Waals surface area contributed by atoms with Crippen LogP contribution in [-0.2, 0) is 19.9 Å². The van der Waals surface area contributed by atoms with Crippen LogP contribution in [0.3, 0.4) is 0 Å². The quantitative estimate of drug-likeness (QED) is 0.628. The van der Waals surface area contributed by atoms with Crippen molar-refractivity contribution in [3.8, 4) is 0 Å². The number of rotatable bonds is 6. The van der Waals surface area contributed by atoms with E-state index < -0.39 is 0 Å². The van der Waals surface area contributed by atoms with Crippen molar-refractivity contribution in [2.24, 2.45) is 12.9 Å². The Morgan fingerprint density at radius 3 is 2.63 bits per heavy atom. The van der Waals surface area contributed by atoms with Gasteiger partial charge in [-0.1, -0.05) is 23.7 Å².